The van der Waals surface area contributed by atoms with Crippen LogP contribution in [0.3, 0.4) is 0 Å². The van der Waals surface area contributed by atoms with Crippen LogP contribution in [0.1, 0.15) is 6.92 Å². The number of halogens is 1. The number of carbonyl (C=O) groups excluding carboxylic acids is 1. The molecule has 1 atom stereocenters. The summed E-state index contributed by atoms with van der Waals surface area (Å²) < 4.78 is 28.7. The molecule has 0 aliphatic heterocycles. The molecule has 24 heavy (non-hydrogen) atoms. The Bertz CT molecular complexity index is 643. The molecule has 0 saturated heterocycles. The summed E-state index contributed by atoms with van der Waals surface area (Å²) in [5, 5.41) is 2.77. The maximum atomic E-state index is 12.8. The van der Waals surface area contributed by atoms with Gasteiger partial charge in [-0.05, 0) is 55.5 Å². The van der Waals surface area contributed by atoms with Gasteiger partial charge in [0, 0.05) is 0 Å². The molecule has 2 rings (SSSR count). The van der Waals surface area contributed by atoms with Gasteiger partial charge in [-0.15, -0.1) is 0 Å². The van der Waals surface area contributed by atoms with E-state index in [2.05, 4.69) is 5.32 Å². The van der Waals surface area contributed by atoms with Crippen molar-refractivity contribution in [2.24, 2.45) is 0 Å². The topological polar surface area (TPSA) is 56.8 Å². The molecule has 2 aromatic carbocycles. The third-order valence-corrected chi connectivity index (χ3v) is 3.15. The summed E-state index contributed by atoms with van der Waals surface area (Å²) in [5.74, 6) is 1.26. The highest BCUT2D eigenvalue weighted by Crippen LogP contribution is 2.17. The van der Waals surface area contributed by atoms with E-state index in [1.54, 1.807) is 31.4 Å². The smallest absolute Gasteiger partial charge is 0.258 e. The number of nitrogens with one attached hydrogen (secondary N) is 1. The maximum Gasteiger partial charge on any atom is 0.258 e. The van der Waals surface area contributed by atoms with Gasteiger partial charge < -0.3 is 19.5 Å². The van der Waals surface area contributed by atoms with Crippen molar-refractivity contribution in [2.45, 2.75) is 13.0 Å². The van der Waals surface area contributed by atoms with Crippen molar-refractivity contribution in [1.82, 2.24) is 5.32 Å². The molecule has 5 nitrogen and oxygen atoms in total. The first kappa shape index (κ1) is 17.6. The molecule has 0 bridgehead atoms. The number of hydrogen-bond donors (Lipinski definition) is 1. The van der Waals surface area contributed by atoms with Crippen LogP contribution in [0.25, 0.3) is 0 Å². The van der Waals surface area contributed by atoms with E-state index in [1.807, 2.05) is 6.92 Å². The van der Waals surface area contributed by atoms with E-state index in [0.29, 0.717) is 18.1 Å². The van der Waals surface area contributed by atoms with Gasteiger partial charge in [0.15, 0.2) is 6.61 Å². The Morgan fingerprint density at radius 2 is 1.54 bits per heavy atom. The van der Waals surface area contributed by atoms with Crippen molar-refractivity contribution in [3.63, 3.8) is 0 Å². The Labute approximate surface area is 140 Å². The zero-order valence-electron chi connectivity index (χ0n) is 13.6. The van der Waals surface area contributed by atoms with Crippen molar-refractivity contribution in [1.29, 1.82) is 0 Å². The molecule has 0 aromatic heterocycles. The molecule has 128 valence electrons. The van der Waals surface area contributed by atoms with E-state index in [-0.39, 0.29) is 24.4 Å². The Morgan fingerprint density at radius 3 is 2.17 bits per heavy atom. The predicted molar refractivity (Wildman–Crippen MR) is 88.0 cm³/mol. The summed E-state index contributed by atoms with van der Waals surface area (Å²) >= 11 is 0. The highest BCUT2D eigenvalue weighted by atomic mass is 19.1. The minimum absolute atomic E-state index is 0.140. The second-order valence-corrected chi connectivity index (χ2v) is 5.20. The molecular weight excluding hydrogens is 313 g/mol. The SMILES string of the molecule is COc1ccc(OC[C@@H](C)NC(=O)COc2ccc(F)cc2)cc1. The molecule has 0 spiro atoms. The average Bonchev–Trinajstić information content (AvgIpc) is 2.60. The summed E-state index contributed by atoms with van der Waals surface area (Å²) in [4.78, 5) is 11.8. The lowest BCUT2D eigenvalue weighted by Crippen LogP contribution is -2.39. The minimum Gasteiger partial charge on any atom is -0.497 e. The molecule has 0 fully saturated rings. The molecule has 1 amide bonds. The van der Waals surface area contributed by atoms with Crippen LogP contribution in [-0.4, -0.2) is 32.3 Å². The van der Waals surface area contributed by atoms with E-state index in [9.17, 15) is 9.18 Å². The summed E-state index contributed by atoms with van der Waals surface area (Å²) in [5.41, 5.74) is 0. The van der Waals surface area contributed by atoms with Gasteiger partial charge in [0.25, 0.3) is 5.91 Å². The van der Waals surface area contributed by atoms with Crippen molar-refractivity contribution >= 4 is 5.91 Å². The molecule has 0 radical (unpaired) electrons. The third kappa shape index (κ3) is 5.79. The lowest BCUT2D eigenvalue weighted by Gasteiger charge is -2.15. The van der Waals surface area contributed by atoms with Gasteiger partial charge in [-0.25, -0.2) is 4.39 Å². The normalized spacial score (nSPS) is 11.5. The summed E-state index contributed by atoms with van der Waals surface area (Å²) in [6.07, 6.45) is 0. The first-order valence-corrected chi connectivity index (χ1v) is 7.51. The highest BCUT2D eigenvalue weighted by molar-refractivity contribution is 5.77. The van der Waals surface area contributed by atoms with Crippen LogP contribution in [0.4, 0.5) is 4.39 Å². The van der Waals surface area contributed by atoms with Crippen LogP contribution >= 0.6 is 0 Å². The van der Waals surface area contributed by atoms with Gasteiger partial charge >= 0.3 is 0 Å². The number of ether oxygens (including phenoxy) is 3. The Hall–Kier alpha value is -2.76. The summed E-state index contributed by atoms with van der Waals surface area (Å²) in [6, 6.07) is 12.5. The van der Waals surface area contributed by atoms with Gasteiger partial charge in [0.2, 0.25) is 0 Å². The minimum atomic E-state index is -0.351. The fourth-order valence-corrected chi connectivity index (χ4v) is 1.93. The Balaban J connectivity index is 1.69. The molecule has 0 unspecified atom stereocenters. The zero-order chi connectivity index (χ0) is 17.4. The van der Waals surface area contributed by atoms with Crippen LogP contribution in [0, 0.1) is 5.82 Å². The third-order valence-electron chi connectivity index (χ3n) is 3.15. The summed E-state index contributed by atoms with van der Waals surface area (Å²) in [7, 11) is 1.60. The van der Waals surface area contributed by atoms with Gasteiger partial charge in [-0.2, -0.15) is 0 Å². The van der Waals surface area contributed by atoms with Gasteiger partial charge in [-0.3, -0.25) is 4.79 Å². The van der Waals surface area contributed by atoms with Crippen LogP contribution in [0.5, 0.6) is 17.2 Å². The Morgan fingerprint density at radius 1 is 1.00 bits per heavy atom. The fraction of sp³-hybridized carbons (Fsp3) is 0.278. The van der Waals surface area contributed by atoms with Crippen molar-refractivity contribution in [2.75, 3.05) is 20.3 Å². The Kier molecular flexibility index (Phi) is 6.42. The molecule has 0 aliphatic carbocycles. The van der Waals surface area contributed by atoms with Crippen LogP contribution < -0.4 is 19.5 Å². The summed E-state index contributed by atoms with van der Waals surface area (Å²) in [6.45, 7) is 2.02. The number of carbonyl (C=O) groups is 1. The van der Waals surface area contributed by atoms with Gasteiger partial charge in [-0.1, -0.05) is 0 Å². The number of methoxy groups -OCH3 is 1. The number of hydrogen-bond acceptors (Lipinski definition) is 4. The van der Waals surface area contributed by atoms with Gasteiger partial charge in [0.05, 0.1) is 13.2 Å². The number of benzene rings is 2. The maximum absolute atomic E-state index is 12.8. The van der Waals surface area contributed by atoms with Crippen molar-refractivity contribution in [3.8, 4) is 17.2 Å². The van der Waals surface area contributed by atoms with E-state index < -0.39 is 0 Å². The second kappa shape index (κ2) is 8.76. The van der Waals surface area contributed by atoms with Crippen LogP contribution in [-0.2, 0) is 4.79 Å². The molecule has 0 aliphatic rings. The van der Waals surface area contributed by atoms with Crippen molar-refractivity contribution < 1.29 is 23.4 Å². The second-order valence-electron chi connectivity index (χ2n) is 5.20. The fourth-order valence-electron chi connectivity index (χ4n) is 1.93. The van der Waals surface area contributed by atoms with Crippen molar-refractivity contribution in [3.05, 3.63) is 54.3 Å². The molecule has 0 saturated carbocycles. The first-order valence-electron chi connectivity index (χ1n) is 7.51. The molecule has 0 heterocycles. The molecule has 6 heteroatoms. The van der Waals surface area contributed by atoms with Gasteiger partial charge in [0.1, 0.15) is 29.7 Å². The quantitative estimate of drug-likeness (QED) is 0.807. The largest absolute Gasteiger partial charge is 0.497 e. The zero-order valence-corrected chi connectivity index (χ0v) is 13.6. The molecular formula is C18H20FNO4. The predicted octanol–water partition coefficient (Wildman–Crippen LogP) is 2.80. The highest BCUT2D eigenvalue weighted by Gasteiger charge is 2.09. The number of rotatable bonds is 8. The van der Waals surface area contributed by atoms with E-state index in [1.165, 1.54) is 24.3 Å². The van der Waals surface area contributed by atoms with Crippen LogP contribution in [0.15, 0.2) is 48.5 Å². The average molecular weight is 333 g/mol. The monoisotopic (exact) mass is 333 g/mol. The number of amides is 1. The molecule has 2 aromatic rings. The lowest BCUT2D eigenvalue weighted by molar-refractivity contribution is -0.123. The van der Waals surface area contributed by atoms with E-state index >= 15 is 0 Å². The standard InChI is InChI=1S/C18H20FNO4/c1-13(11-23-17-9-7-15(22-2)8-10-17)20-18(21)12-24-16-5-3-14(19)4-6-16/h3-10,13H,11-12H2,1-2H3,(H,20,21)/t13-/m1/s1. The lowest BCUT2D eigenvalue weighted by atomic mass is 10.3. The van der Waals surface area contributed by atoms with E-state index in [0.717, 1.165) is 5.75 Å². The van der Waals surface area contributed by atoms with Crippen LogP contribution in [0.2, 0.25) is 0 Å². The van der Waals surface area contributed by atoms with E-state index in [4.69, 9.17) is 14.2 Å². The first-order chi connectivity index (χ1) is 11.6. The molecule has 1 N–H and O–H groups in total.